The van der Waals surface area contributed by atoms with Gasteiger partial charge in [0, 0.05) is 16.8 Å². The van der Waals surface area contributed by atoms with Crippen LogP contribution >= 0.6 is 11.6 Å². The molecule has 19 heavy (non-hydrogen) atoms. The summed E-state index contributed by atoms with van der Waals surface area (Å²) in [5, 5.41) is 12.8. The van der Waals surface area contributed by atoms with Crippen LogP contribution < -0.4 is 5.32 Å². The van der Waals surface area contributed by atoms with E-state index < -0.39 is 5.97 Å². The van der Waals surface area contributed by atoms with E-state index in [1.165, 1.54) is 6.07 Å². The molecule has 0 radical (unpaired) electrons. The van der Waals surface area contributed by atoms with E-state index in [0.717, 1.165) is 5.56 Å². The summed E-state index contributed by atoms with van der Waals surface area (Å²) in [5.41, 5.74) is 1.83. The van der Waals surface area contributed by atoms with Crippen molar-refractivity contribution in [3.8, 4) is 0 Å². The lowest BCUT2D eigenvalue weighted by molar-refractivity contribution is 0.0698. The van der Waals surface area contributed by atoms with Crippen LogP contribution in [0.25, 0.3) is 0 Å². The molecular formula is C15H14ClNO2. The zero-order valence-electron chi connectivity index (χ0n) is 10.4. The van der Waals surface area contributed by atoms with E-state index >= 15 is 0 Å². The third-order valence-corrected chi connectivity index (χ3v) is 3.12. The summed E-state index contributed by atoms with van der Waals surface area (Å²) in [6.45, 7) is 1.98. The maximum Gasteiger partial charge on any atom is 0.337 e. The van der Waals surface area contributed by atoms with Gasteiger partial charge in [-0.1, -0.05) is 41.9 Å². The molecule has 4 heteroatoms. The molecule has 2 aromatic rings. The maximum atomic E-state index is 11.2. The molecule has 0 saturated heterocycles. The second-order valence-electron chi connectivity index (χ2n) is 4.27. The third-order valence-electron chi connectivity index (χ3n) is 2.88. The first-order valence-electron chi connectivity index (χ1n) is 5.92. The highest BCUT2D eigenvalue weighted by Crippen LogP contribution is 2.25. The van der Waals surface area contributed by atoms with Crippen LogP contribution in [-0.4, -0.2) is 11.1 Å². The lowest BCUT2D eigenvalue weighted by atomic mass is 10.1. The number of carboxylic acid groups (broad SMARTS) is 1. The monoisotopic (exact) mass is 275 g/mol. The van der Waals surface area contributed by atoms with Crippen LogP contribution in [0.15, 0.2) is 48.5 Å². The number of carbonyl (C=O) groups is 1. The Morgan fingerprint density at radius 2 is 1.89 bits per heavy atom. The van der Waals surface area contributed by atoms with E-state index in [1.807, 2.05) is 37.3 Å². The Hall–Kier alpha value is -2.00. The summed E-state index contributed by atoms with van der Waals surface area (Å²) in [6, 6.07) is 14.7. The highest BCUT2D eigenvalue weighted by atomic mass is 35.5. The minimum atomic E-state index is -0.995. The Bertz CT molecular complexity index is 584. The van der Waals surface area contributed by atoms with Gasteiger partial charge in [-0.25, -0.2) is 4.79 Å². The van der Waals surface area contributed by atoms with Crippen molar-refractivity contribution in [2.24, 2.45) is 0 Å². The van der Waals surface area contributed by atoms with Crippen LogP contribution in [0.1, 0.15) is 28.9 Å². The van der Waals surface area contributed by atoms with Crippen molar-refractivity contribution in [1.29, 1.82) is 0 Å². The number of halogens is 1. The molecule has 0 aliphatic carbocycles. The fraction of sp³-hybridized carbons (Fsp3) is 0.133. The molecule has 1 atom stereocenters. The normalized spacial score (nSPS) is 11.9. The Labute approximate surface area is 116 Å². The van der Waals surface area contributed by atoms with Gasteiger partial charge in [0.2, 0.25) is 0 Å². The van der Waals surface area contributed by atoms with Crippen LogP contribution in [0.4, 0.5) is 5.69 Å². The van der Waals surface area contributed by atoms with Crippen LogP contribution in [0.2, 0.25) is 5.02 Å². The van der Waals surface area contributed by atoms with Crippen molar-refractivity contribution in [3.05, 3.63) is 64.7 Å². The standard InChI is InChI=1S/C15H14ClNO2/c1-10(11-5-3-2-4-6-11)17-14-8-7-12(16)9-13(14)15(18)19/h2-10,17H,1H3,(H,18,19). The lowest BCUT2D eigenvalue weighted by Crippen LogP contribution is -2.10. The molecule has 3 nitrogen and oxygen atoms in total. The molecule has 2 aromatic carbocycles. The number of nitrogens with one attached hydrogen (secondary N) is 1. The molecule has 0 bridgehead atoms. The molecule has 1 unspecified atom stereocenters. The first-order valence-corrected chi connectivity index (χ1v) is 6.30. The van der Waals surface area contributed by atoms with Gasteiger partial charge < -0.3 is 10.4 Å². The highest BCUT2D eigenvalue weighted by molar-refractivity contribution is 6.31. The molecule has 0 heterocycles. The minimum Gasteiger partial charge on any atom is -0.478 e. The van der Waals surface area contributed by atoms with Gasteiger partial charge in [-0.15, -0.1) is 0 Å². The number of anilines is 1. The number of rotatable bonds is 4. The van der Waals surface area contributed by atoms with Crippen molar-refractivity contribution in [1.82, 2.24) is 0 Å². The van der Waals surface area contributed by atoms with Crippen LogP contribution in [0.5, 0.6) is 0 Å². The van der Waals surface area contributed by atoms with E-state index in [-0.39, 0.29) is 11.6 Å². The molecule has 0 aliphatic heterocycles. The molecule has 0 aliphatic rings. The van der Waals surface area contributed by atoms with Crippen molar-refractivity contribution < 1.29 is 9.90 Å². The van der Waals surface area contributed by atoms with Crippen molar-refractivity contribution in [2.75, 3.05) is 5.32 Å². The van der Waals surface area contributed by atoms with E-state index in [9.17, 15) is 9.90 Å². The molecule has 2 rings (SSSR count). The summed E-state index contributed by atoms with van der Waals surface area (Å²) in [6.07, 6.45) is 0. The van der Waals surface area contributed by atoms with Gasteiger partial charge in [0.15, 0.2) is 0 Å². The average molecular weight is 276 g/mol. The predicted molar refractivity (Wildman–Crippen MR) is 76.9 cm³/mol. The summed E-state index contributed by atoms with van der Waals surface area (Å²) in [7, 11) is 0. The second-order valence-corrected chi connectivity index (χ2v) is 4.71. The van der Waals surface area contributed by atoms with Crippen molar-refractivity contribution in [2.45, 2.75) is 13.0 Å². The predicted octanol–water partition coefficient (Wildman–Crippen LogP) is 4.21. The summed E-state index contributed by atoms with van der Waals surface area (Å²) in [5.74, 6) is -0.995. The van der Waals surface area contributed by atoms with E-state index in [1.54, 1.807) is 12.1 Å². The van der Waals surface area contributed by atoms with E-state index in [2.05, 4.69) is 5.32 Å². The number of carboxylic acids is 1. The zero-order valence-corrected chi connectivity index (χ0v) is 11.2. The quantitative estimate of drug-likeness (QED) is 0.879. The average Bonchev–Trinajstić information content (AvgIpc) is 2.41. The van der Waals surface area contributed by atoms with Gasteiger partial charge in [-0.2, -0.15) is 0 Å². The van der Waals surface area contributed by atoms with E-state index in [4.69, 9.17) is 11.6 Å². The van der Waals surface area contributed by atoms with Gasteiger partial charge >= 0.3 is 5.97 Å². The van der Waals surface area contributed by atoms with Gasteiger partial charge in [0.25, 0.3) is 0 Å². The largest absolute Gasteiger partial charge is 0.478 e. The number of hydrogen-bond donors (Lipinski definition) is 2. The van der Waals surface area contributed by atoms with E-state index in [0.29, 0.717) is 10.7 Å². The van der Waals surface area contributed by atoms with Gasteiger partial charge in [-0.05, 0) is 30.7 Å². The Morgan fingerprint density at radius 3 is 2.53 bits per heavy atom. The maximum absolute atomic E-state index is 11.2. The van der Waals surface area contributed by atoms with Crippen LogP contribution in [0, 0.1) is 0 Å². The molecule has 2 N–H and O–H groups in total. The van der Waals surface area contributed by atoms with Gasteiger partial charge in [0.05, 0.1) is 5.56 Å². The summed E-state index contributed by atoms with van der Waals surface area (Å²) >= 11 is 5.82. The Balaban J connectivity index is 2.26. The van der Waals surface area contributed by atoms with Crippen molar-refractivity contribution >= 4 is 23.3 Å². The third kappa shape index (κ3) is 3.26. The number of benzene rings is 2. The van der Waals surface area contributed by atoms with Crippen molar-refractivity contribution in [3.63, 3.8) is 0 Å². The zero-order chi connectivity index (χ0) is 13.8. The molecule has 0 saturated carbocycles. The Morgan fingerprint density at radius 1 is 1.21 bits per heavy atom. The molecule has 98 valence electrons. The molecule has 0 aromatic heterocycles. The van der Waals surface area contributed by atoms with Gasteiger partial charge in [0.1, 0.15) is 0 Å². The first-order chi connectivity index (χ1) is 9.08. The van der Waals surface area contributed by atoms with Crippen LogP contribution in [0.3, 0.4) is 0 Å². The highest BCUT2D eigenvalue weighted by Gasteiger charge is 2.13. The number of hydrogen-bond acceptors (Lipinski definition) is 2. The smallest absolute Gasteiger partial charge is 0.337 e. The fourth-order valence-electron chi connectivity index (χ4n) is 1.88. The lowest BCUT2D eigenvalue weighted by Gasteiger charge is -2.17. The molecule has 0 spiro atoms. The Kier molecular flexibility index (Phi) is 4.07. The molecular weight excluding hydrogens is 262 g/mol. The second kappa shape index (κ2) is 5.76. The minimum absolute atomic E-state index is 0.0143. The molecule has 0 fully saturated rings. The fourth-order valence-corrected chi connectivity index (χ4v) is 2.05. The topological polar surface area (TPSA) is 49.3 Å². The SMILES string of the molecule is CC(Nc1ccc(Cl)cc1C(=O)O)c1ccccc1. The first kappa shape index (κ1) is 13.4. The van der Waals surface area contributed by atoms with Gasteiger partial charge in [-0.3, -0.25) is 0 Å². The summed E-state index contributed by atoms with van der Waals surface area (Å²) in [4.78, 5) is 11.2. The summed E-state index contributed by atoms with van der Waals surface area (Å²) < 4.78 is 0. The molecule has 0 amide bonds. The van der Waals surface area contributed by atoms with Crippen LogP contribution in [-0.2, 0) is 0 Å². The number of aromatic carboxylic acids is 1.